The summed E-state index contributed by atoms with van der Waals surface area (Å²) in [5.41, 5.74) is 1.59. The Kier molecular flexibility index (Phi) is 5.60. The minimum Gasteiger partial charge on any atom is -0.328 e. The summed E-state index contributed by atoms with van der Waals surface area (Å²) >= 11 is 0. The summed E-state index contributed by atoms with van der Waals surface area (Å²) in [4.78, 5) is 20.6. The first kappa shape index (κ1) is 20.2. The van der Waals surface area contributed by atoms with Gasteiger partial charge in [0.05, 0.1) is 16.8 Å². The number of nitrogens with zero attached hydrogens (tertiary/aromatic N) is 4. The molecule has 2 aromatic heterocycles. The van der Waals surface area contributed by atoms with Crippen LogP contribution in [0.1, 0.15) is 35.5 Å². The fraction of sp³-hybridized carbons (Fsp3) is 0.300. The number of aryl methyl sites for hydroxylation is 1. The topological polar surface area (TPSA) is 118 Å². The van der Waals surface area contributed by atoms with Crippen LogP contribution in [0.5, 0.6) is 0 Å². The van der Waals surface area contributed by atoms with E-state index in [1.165, 1.54) is 16.6 Å². The average molecular weight is 427 g/mol. The predicted molar refractivity (Wildman–Crippen MR) is 109 cm³/mol. The quantitative estimate of drug-likeness (QED) is 0.665. The van der Waals surface area contributed by atoms with Crippen LogP contribution in [-0.4, -0.2) is 46.8 Å². The Bertz CT molecular complexity index is 1150. The lowest BCUT2D eigenvalue weighted by molar-refractivity contribution is 0.0981. The molecular weight excluding hydrogens is 406 g/mol. The van der Waals surface area contributed by atoms with E-state index in [4.69, 9.17) is 4.52 Å². The third kappa shape index (κ3) is 4.10. The summed E-state index contributed by atoms with van der Waals surface area (Å²) in [7, 11) is -3.61. The largest absolute Gasteiger partial charge is 0.328 e. The third-order valence-corrected chi connectivity index (χ3v) is 6.96. The molecule has 0 bridgehead atoms. The zero-order chi connectivity index (χ0) is 21.1. The van der Waals surface area contributed by atoms with Crippen molar-refractivity contribution in [1.29, 1.82) is 0 Å². The van der Waals surface area contributed by atoms with E-state index in [1.807, 2.05) is 0 Å². The van der Waals surface area contributed by atoms with Gasteiger partial charge in [-0.05, 0) is 43.5 Å². The molecule has 0 atom stereocenters. The molecule has 1 fully saturated rings. The highest BCUT2D eigenvalue weighted by Crippen LogP contribution is 2.27. The lowest BCUT2D eigenvalue weighted by Crippen LogP contribution is -2.35. The summed E-state index contributed by atoms with van der Waals surface area (Å²) in [5, 5.41) is 6.45. The van der Waals surface area contributed by atoms with Crippen LogP contribution in [0.15, 0.2) is 52.1 Å². The lowest BCUT2D eigenvalue weighted by atomic mass is 10.1. The first-order chi connectivity index (χ1) is 14.4. The number of anilines is 1. The van der Waals surface area contributed by atoms with Crippen LogP contribution in [0.4, 0.5) is 5.69 Å². The molecule has 9 nitrogen and oxygen atoms in total. The Morgan fingerprint density at radius 1 is 1.17 bits per heavy atom. The Labute approximate surface area is 174 Å². The highest BCUT2D eigenvalue weighted by atomic mass is 32.2. The maximum Gasteiger partial charge on any atom is 0.316 e. The van der Waals surface area contributed by atoms with Gasteiger partial charge in [0.1, 0.15) is 0 Å². The zero-order valence-electron chi connectivity index (χ0n) is 16.4. The highest BCUT2D eigenvalue weighted by molar-refractivity contribution is 7.89. The molecule has 1 aliphatic heterocycles. The summed E-state index contributed by atoms with van der Waals surface area (Å²) in [6, 6.07) is 8.31. The standard InChI is InChI=1S/C20H21N5O4S/c1-14-7-8-15(12-17(14)30(27,28)25-10-3-2-4-11-25)18-23-20(29-24-18)19(26)22-16-6-5-9-21-13-16/h5-9,12-13H,2-4,10-11H2,1H3,(H,22,26). The van der Waals surface area contributed by atoms with Crippen LogP contribution >= 0.6 is 0 Å². The Balaban J connectivity index is 1.59. The van der Waals surface area contributed by atoms with Crippen molar-refractivity contribution < 1.29 is 17.7 Å². The van der Waals surface area contributed by atoms with Gasteiger partial charge in [0.2, 0.25) is 15.8 Å². The number of benzene rings is 1. The van der Waals surface area contributed by atoms with Crippen LogP contribution < -0.4 is 5.32 Å². The molecule has 0 aliphatic carbocycles. The van der Waals surface area contributed by atoms with Crippen molar-refractivity contribution in [2.24, 2.45) is 0 Å². The average Bonchev–Trinajstić information content (AvgIpc) is 3.26. The number of hydrogen-bond donors (Lipinski definition) is 1. The van der Waals surface area contributed by atoms with Gasteiger partial charge in [-0.2, -0.15) is 9.29 Å². The van der Waals surface area contributed by atoms with Gasteiger partial charge in [0.25, 0.3) is 0 Å². The molecule has 4 rings (SSSR count). The second-order valence-electron chi connectivity index (χ2n) is 7.06. The molecule has 0 unspecified atom stereocenters. The molecule has 30 heavy (non-hydrogen) atoms. The summed E-state index contributed by atoms with van der Waals surface area (Å²) in [6.45, 7) is 2.79. The zero-order valence-corrected chi connectivity index (χ0v) is 17.2. The van der Waals surface area contributed by atoms with Crippen molar-refractivity contribution in [2.75, 3.05) is 18.4 Å². The molecule has 1 aromatic carbocycles. The number of rotatable bonds is 5. The molecule has 1 amide bonds. The summed E-state index contributed by atoms with van der Waals surface area (Å²) < 4.78 is 32.8. The molecule has 0 spiro atoms. The maximum absolute atomic E-state index is 13.1. The molecule has 1 saturated heterocycles. The van der Waals surface area contributed by atoms with E-state index in [9.17, 15) is 13.2 Å². The second kappa shape index (κ2) is 8.33. The van der Waals surface area contributed by atoms with E-state index >= 15 is 0 Å². The van der Waals surface area contributed by atoms with E-state index < -0.39 is 15.9 Å². The number of aromatic nitrogens is 3. The van der Waals surface area contributed by atoms with E-state index in [2.05, 4.69) is 20.4 Å². The van der Waals surface area contributed by atoms with Crippen molar-refractivity contribution in [1.82, 2.24) is 19.4 Å². The summed E-state index contributed by atoms with van der Waals surface area (Å²) in [6.07, 6.45) is 5.84. The fourth-order valence-electron chi connectivity index (χ4n) is 3.32. The summed E-state index contributed by atoms with van der Waals surface area (Å²) in [5.74, 6) is -0.661. The molecule has 0 radical (unpaired) electrons. The van der Waals surface area contributed by atoms with Gasteiger partial charge in [-0.3, -0.25) is 9.78 Å². The smallest absolute Gasteiger partial charge is 0.316 e. The Morgan fingerprint density at radius 3 is 2.70 bits per heavy atom. The second-order valence-corrected chi connectivity index (χ2v) is 8.97. The Morgan fingerprint density at radius 2 is 1.97 bits per heavy atom. The number of piperidine rings is 1. The number of hydrogen-bond acceptors (Lipinski definition) is 7. The normalized spacial score (nSPS) is 15.1. The SMILES string of the molecule is Cc1ccc(-c2noc(C(=O)Nc3cccnc3)n2)cc1S(=O)(=O)N1CCCCC1. The van der Waals surface area contributed by atoms with Gasteiger partial charge in [0, 0.05) is 24.8 Å². The number of amides is 1. The van der Waals surface area contributed by atoms with Crippen molar-refractivity contribution in [3.8, 4) is 11.4 Å². The van der Waals surface area contributed by atoms with Gasteiger partial charge >= 0.3 is 11.8 Å². The number of sulfonamides is 1. The van der Waals surface area contributed by atoms with Crippen LogP contribution in [0, 0.1) is 6.92 Å². The van der Waals surface area contributed by atoms with Crippen LogP contribution in [0.25, 0.3) is 11.4 Å². The number of nitrogens with one attached hydrogen (secondary N) is 1. The van der Waals surface area contributed by atoms with E-state index in [1.54, 1.807) is 37.4 Å². The molecule has 3 heterocycles. The van der Waals surface area contributed by atoms with Crippen molar-refractivity contribution >= 4 is 21.6 Å². The van der Waals surface area contributed by atoms with Crippen LogP contribution in [0.2, 0.25) is 0 Å². The molecule has 156 valence electrons. The van der Waals surface area contributed by atoms with Gasteiger partial charge in [-0.1, -0.05) is 23.7 Å². The van der Waals surface area contributed by atoms with Crippen molar-refractivity contribution in [2.45, 2.75) is 31.1 Å². The van der Waals surface area contributed by atoms with Gasteiger partial charge in [0.15, 0.2) is 0 Å². The molecule has 1 aliphatic rings. The van der Waals surface area contributed by atoms with Crippen molar-refractivity contribution in [3.05, 3.63) is 54.2 Å². The first-order valence-corrected chi connectivity index (χ1v) is 11.1. The highest BCUT2D eigenvalue weighted by Gasteiger charge is 2.28. The minimum atomic E-state index is -3.61. The van der Waals surface area contributed by atoms with Crippen LogP contribution in [-0.2, 0) is 10.0 Å². The van der Waals surface area contributed by atoms with E-state index in [0.29, 0.717) is 29.9 Å². The lowest BCUT2D eigenvalue weighted by Gasteiger charge is -2.26. The van der Waals surface area contributed by atoms with Crippen molar-refractivity contribution in [3.63, 3.8) is 0 Å². The van der Waals surface area contributed by atoms with E-state index in [-0.39, 0.29) is 16.6 Å². The van der Waals surface area contributed by atoms with Gasteiger partial charge in [-0.15, -0.1) is 0 Å². The Hall–Kier alpha value is -3.11. The monoisotopic (exact) mass is 427 g/mol. The van der Waals surface area contributed by atoms with E-state index in [0.717, 1.165) is 19.3 Å². The molecule has 3 aromatic rings. The van der Waals surface area contributed by atoms with Gasteiger partial charge < -0.3 is 9.84 Å². The maximum atomic E-state index is 13.1. The first-order valence-electron chi connectivity index (χ1n) is 9.61. The third-order valence-electron chi connectivity index (χ3n) is 4.92. The fourth-order valence-corrected chi connectivity index (χ4v) is 5.08. The number of carbonyl (C=O) groups excluding carboxylic acids is 1. The molecule has 1 N–H and O–H groups in total. The molecular formula is C20H21N5O4S. The minimum absolute atomic E-state index is 0.140. The molecule has 10 heteroatoms. The predicted octanol–water partition coefficient (Wildman–Crippen LogP) is 2.87. The number of carbonyl (C=O) groups is 1. The molecule has 0 saturated carbocycles. The number of pyridine rings is 1. The van der Waals surface area contributed by atoms with Crippen LogP contribution in [0.3, 0.4) is 0 Å². The van der Waals surface area contributed by atoms with Gasteiger partial charge in [-0.25, -0.2) is 8.42 Å².